The molecule has 0 spiro atoms. The van der Waals surface area contributed by atoms with Crippen LogP contribution in [0.25, 0.3) is 0 Å². The molecule has 0 radical (unpaired) electrons. The highest BCUT2D eigenvalue weighted by molar-refractivity contribution is 6.42. The fourth-order valence-corrected chi connectivity index (χ4v) is 1.26. The summed E-state index contributed by atoms with van der Waals surface area (Å²) in [7, 11) is 0. The molecule has 8 heteroatoms. The van der Waals surface area contributed by atoms with Gasteiger partial charge in [-0.15, -0.1) is 0 Å². The Bertz CT molecular complexity index is 391. The summed E-state index contributed by atoms with van der Waals surface area (Å²) in [5.41, 5.74) is -1.40. The molecule has 16 heavy (non-hydrogen) atoms. The number of alkyl halides is 5. The molecular weight excluding hydrogens is 278 g/mol. The maximum absolute atomic E-state index is 12.4. The summed E-state index contributed by atoms with van der Waals surface area (Å²) in [4.78, 5) is 0. The third-order valence-corrected chi connectivity index (χ3v) is 2.27. The van der Waals surface area contributed by atoms with E-state index in [2.05, 4.69) is 4.74 Å². The Kier molecular flexibility index (Phi) is 3.85. The van der Waals surface area contributed by atoms with Crippen molar-refractivity contribution in [1.29, 1.82) is 0 Å². The molecule has 0 aliphatic carbocycles. The van der Waals surface area contributed by atoms with Crippen molar-refractivity contribution in [1.82, 2.24) is 0 Å². The van der Waals surface area contributed by atoms with E-state index in [0.29, 0.717) is 12.1 Å². The number of hydrogen-bond donors (Lipinski definition) is 0. The van der Waals surface area contributed by atoms with Gasteiger partial charge in [0.1, 0.15) is 5.75 Å². The van der Waals surface area contributed by atoms with E-state index in [0.717, 1.165) is 0 Å². The Morgan fingerprint density at radius 2 is 1.56 bits per heavy atom. The number of benzene rings is 1. The van der Waals surface area contributed by atoms with Gasteiger partial charge in [-0.1, -0.05) is 23.2 Å². The van der Waals surface area contributed by atoms with Gasteiger partial charge in [0.25, 0.3) is 0 Å². The van der Waals surface area contributed by atoms with Gasteiger partial charge in [-0.2, -0.15) is 22.0 Å². The highest BCUT2D eigenvalue weighted by Gasteiger charge is 2.36. The molecular formula is C8H3Cl2F5O. The number of hydrogen-bond acceptors (Lipinski definition) is 1. The van der Waals surface area contributed by atoms with E-state index < -0.39 is 29.1 Å². The standard InChI is InChI=1S/C8H3Cl2F5O/c9-4-1-3(8(13,14)15)6(2-5(4)10)16-7(11)12/h1-2,7H. The minimum absolute atomic E-state index is 0.301. The van der Waals surface area contributed by atoms with E-state index in [4.69, 9.17) is 23.2 Å². The molecule has 0 atom stereocenters. The molecule has 0 saturated carbocycles. The van der Waals surface area contributed by atoms with Crippen LogP contribution in [0.2, 0.25) is 10.0 Å². The van der Waals surface area contributed by atoms with Crippen LogP contribution in [0.3, 0.4) is 0 Å². The Balaban J connectivity index is 3.28. The van der Waals surface area contributed by atoms with Crippen molar-refractivity contribution in [3.8, 4) is 5.75 Å². The zero-order valence-corrected chi connectivity index (χ0v) is 8.80. The smallest absolute Gasteiger partial charge is 0.420 e. The van der Waals surface area contributed by atoms with Gasteiger partial charge in [-0.3, -0.25) is 0 Å². The second-order valence-electron chi connectivity index (χ2n) is 2.64. The van der Waals surface area contributed by atoms with E-state index in [1.165, 1.54) is 0 Å². The summed E-state index contributed by atoms with van der Waals surface area (Å²) < 4.78 is 64.6. The lowest BCUT2D eigenvalue weighted by atomic mass is 10.2. The predicted molar refractivity (Wildman–Crippen MR) is 48.1 cm³/mol. The molecule has 0 aliphatic heterocycles. The fourth-order valence-electron chi connectivity index (χ4n) is 0.944. The summed E-state index contributed by atoms with van der Waals surface area (Å²) >= 11 is 10.7. The van der Waals surface area contributed by atoms with Crippen molar-refractivity contribution in [2.45, 2.75) is 12.8 Å². The summed E-state index contributed by atoms with van der Waals surface area (Å²) in [6, 6.07) is 1.03. The minimum atomic E-state index is -4.85. The monoisotopic (exact) mass is 280 g/mol. The Hall–Kier alpha value is -0.750. The maximum Gasteiger partial charge on any atom is 0.420 e. The van der Waals surface area contributed by atoms with E-state index >= 15 is 0 Å². The molecule has 0 N–H and O–H groups in total. The molecule has 0 saturated heterocycles. The van der Waals surface area contributed by atoms with E-state index in [1.54, 1.807) is 0 Å². The fraction of sp³-hybridized carbons (Fsp3) is 0.250. The molecule has 0 aliphatic rings. The largest absolute Gasteiger partial charge is 0.434 e. The lowest BCUT2D eigenvalue weighted by Crippen LogP contribution is -2.11. The van der Waals surface area contributed by atoms with Crippen molar-refractivity contribution in [2.24, 2.45) is 0 Å². The molecule has 0 heterocycles. The molecule has 0 bridgehead atoms. The van der Waals surface area contributed by atoms with Crippen LogP contribution >= 0.6 is 23.2 Å². The summed E-state index contributed by atoms with van der Waals surface area (Å²) in [5.74, 6) is -1.06. The summed E-state index contributed by atoms with van der Waals surface area (Å²) in [6.45, 7) is -3.38. The number of halogens is 7. The van der Waals surface area contributed by atoms with Gasteiger partial charge in [-0.05, 0) is 6.07 Å². The van der Waals surface area contributed by atoms with Crippen LogP contribution < -0.4 is 4.74 Å². The summed E-state index contributed by atoms with van der Waals surface area (Å²) in [5, 5.41) is -0.694. The van der Waals surface area contributed by atoms with Gasteiger partial charge >= 0.3 is 12.8 Å². The average Bonchev–Trinajstić information content (AvgIpc) is 2.08. The Morgan fingerprint density at radius 1 is 1.06 bits per heavy atom. The van der Waals surface area contributed by atoms with E-state index in [-0.39, 0.29) is 5.02 Å². The van der Waals surface area contributed by atoms with Crippen LogP contribution in [0.5, 0.6) is 5.75 Å². The van der Waals surface area contributed by atoms with E-state index in [1.807, 2.05) is 0 Å². The molecule has 90 valence electrons. The lowest BCUT2D eigenvalue weighted by molar-refractivity contribution is -0.141. The highest BCUT2D eigenvalue weighted by atomic mass is 35.5. The van der Waals surface area contributed by atoms with Crippen LogP contribution in [-0.4, -0.2) is 6.61 Å². The molecule has 1 rings (SSSR count). The zero-order valence-electron chi connectivity index (χ0n) is 7.29. The van der Waals surface area contributed by atoms with Crippen LogP contribution in [0.4, 0.5) is 22.0 Å². The molecule has 1 aromatic carbocycles. The van der Waals surface area contributed by atoms with Crippen molar-refractivity contribution in [2.75, 3.05) is 0 Å². The second-order valence-corrected chi connectivity index (χ2v) is 3.45. The third-order valence-electron chi connectivity index (χ3n) is 1.54. The molecule has 1 aromatic rings. The molecule has 0 amide bonds. The second kappa shape index (κ2) is 4.63. The van der Waals surface area contributed by atoms with Crippen molar-refractivity contribution < 1.29 is 26.7 Å². The topological polar surface area (TPSA) is 9.23 Å². The average molecular weight is 281 g/mol. The first-order valence-electron chi connectivity index (χ1n) is 3.73. The maximum atomic E-state index is 12.4. The summed E-state index contributed by atoms with van der Waals surface area (Å²) in [6.07, 6.45) is -4.85. The van der Waals surface area contributed by atoms with Crippen molar-refractivity contribution in [3.05, 3.63) is 27.7 Å². The molecule has 0 unspecified atom stereocenters. The number of rotatable bonds is 2. The predicted octanol–water partition coefficient (Wildman–Crippen LogP) is 4.61. The first kappa shape index (κ1) is 13.3. The van der Waals surface area contributed by atoms with Gasteiger partial charge < -0.3 is 4.74 Å². The first-order chi connectivity index (χ1) is 7.21. The third kappa shape index (κ3) is 3.12. The number of ether oxygens (including phenoxy) is 1. The van der Waals surface area contributed by atoms with Crippen LogP contribution in [-0.2, 0) is 6.18 Å². The van der Waals surface area contributed by atoms with Gasteiger partial charge in [0.05, 0.1) is 15.6 Å². The Labute approximate surface area is 96.7 Å². The SMILES string of the molecule is FC(F)Oc1cc(Cl)c(Cl)cc1C(F)(F)F. The molecule has 1 nitrogen and oxygen atoms in total. The molecule has 0 aromatic heterocycles. The normalized spacial score (nSPS) is 12.0. The van der Waals surface area contributed by atoms with Gasteiger partial charge in [-0.25, -0.2) is 0 Å². The van der Waals surface area contributed by atoms with Crippen molar-refractivity contribution >= 4 is 23.2 Å². The first-order valence-corrected chi connectivity index (χ1v) is 4.48. The zero-order chi connectivity index (χ0) is 12.5. The highest BCUT2D eigenvalue weighted by Crippen LogP contribution is 2.41. The lowest BCUT2D eigenvalue weighted by Gasteiger charge is -2.14. The Morgan fingerprint density at radius 3 is 2.00 bits per heavy atom. The van der Waals surface area contributed by atoms with Crippen molar-refractivity contribution in [3.63, 3.8) is 0 Å². The van der Waals surface area contributed by atoms with Gasteiger partial charge in [0.15, 0.2) is 0 Å². The van der Waals surface area contributed by atoms with Crippen LogP contribution in [0, 0.1) is 0 Å². The minimum Gasteiger partial charge on any atom is -0.434 e. The van der Waals surface area contributed by atoms with E-state index in [9.17, 15) is 22.0 Å². The van der Waals surface area contributed by atoms with Gasteiger partial charge in [0, 0.05) is 6.07 Å². The quantitative estimate of drug-likeness (QED) is 0.719. The van der Waals surface area contributed by atoms with Gasteiger partial charge in [0.2, 0.25) is 0 Å². The van der Waals surface area contributed by atoms with Crippen LogP contribution in [0.15, 0.2) is 12.1 Å². The molecule has 0 fully saturated rings. The van der Waals surface area contributed by atoms with Crippen LogP contribution in [0.1, 0.15) is 5.56 Å².